The Kier molecular flexibility index (Phi) is 2.95. The smallest absolute Gasteiger partial charge is 0.138 e. The van der Waals surface area contributed by atoms with E-state index >= 15 is 0 Å². The Balaban J connectivity index is 1.96. The van der Waals surface area contributed by atoms with Gasteiger partial charge in [-0.2, -0.15) is 0 Å². The zero-order chi connectivity index (χ0) is 11.8. The van der Waals surface area contributed by atoms with E-state index in [1.165, 1.54) is 25.7 Å². The lowest BCUT2D eigenvalue weighted by atomic mass is 10.1. The number of fused-ring (bicyclic) bond motifs is 1. The third-order valence-corrected chi connectivity index (χ3v) is 4.35. The van der Waals surface area contributed by atoms with Gasteiger partial charge in [0.1, 0.15) is 5.82 Å². The normalized spacial score (nSPS) is 17.1. The Morgan fingerprint density at radius 3 is 2.82 bits per heavy atom. The lowest BCUT2D eigenvalue weighted by Crippen LogP contribution is -2.05. The molecule has 1 saturated carbocycles. The first-order valence-corrected chi connectivity index (χ1v) is 6.97. The number of hydrogen-bond acceptors (Lipinski definition) is 0. The second-order valence-electron chi connectivity index (χ2n) is 4.94. The van der Waals surface area contributed by atoms with Gasteiger partial charge in [-0.3, -0.25) is 0 Å². The van der Waals surface area contributed by atoms with Crippen LogP contribution in [-0.4, -0.2) is 4.57 Å². The van der Waals surface area contributed by atoms with Crippen molar-refractivity contribution >= 4 is 26.8 Å². The van der Waals surface area contributed by atoms with E-state index < -0.39 is 0 Å². The maximum absolute atomic E-state index is 13.4. The minimum absolute atomic E-state index is 0.184. The summed E-state index contributed by atoms with van der Waals surface area (Å²) in [4.78, 5) is 0. The molecule has 3 rings (SSSR count). The van der Waals surface area contributed by atoms with Crippen molar-refractivity contribution in [2.45, 2.75) is 32.2 Å². The molecule has 17 heavy (non-hydrogen) atoms. The molecule has 1 aromatic heterocycles. The van der Waals surface area contributed by atoms with Gasteiger partial charge in [0, 0.05) is 23.6 Å². The minimum Gasteiger partial charge on any atom is -0.347 e. The molecule has 1 aliphatic rings. The average molecular weight is 296 g/mol. The SMILES string of the molecule is Fc1cc2ccn(CC3CCCC3)c2cc1Br. The van der Waals surface area contributed by atoms with Gasteiger partial charge in [-0.1, -0.05) is 12.8 Å². The Bertz CT molecular complexity index is 540. The van der Waals surface area contributed by atoms with Crippen LogP contribution in [0.2, 0.25) is 0 Å². The summed E-state index contributed by atoms with van der Waals surface area (Å²) in [5.41, 5.74) is 1.13. The molecule has 0 N–H and O–H groups in total. The highest BCUT2D eigenvalue weighted by molar-refractivity contribution is 9.10. The van der Waals surface area contributed by atoms with E-state index in [1.54, 1.807) is 6.07 Å². The van der Waals surface area contributed by atoms with E-state index in [-0.39, 0.29) is 5.82 Å². The summed E-state index contributed by atoms with van der Waals surface area (Å²) in [5.74, 6) is 0.616. The first-order valence-electron chi connectivity index (χ1n) is 6.18. The molecule has 0 spiro atoms. The molecule has 1 nitrogen and oxygen atoms in total. The maximum atomic E-state index is 13.4. The zero-order valence-corrected chi connectivity index (χ0v) is 11.2. The van der Waals surface area contributed by atoms with Gasteiger partial charge in [-0.25, -0.2) is 4.39 Å². The van der Waals surface area contributed by atoms with E-state index in [0.29, 0.717) is 4.47 Å². The molecular weight excluding hydrogens is 281 g/mol. The van der Waals surface area contributed by atoms with Crippen molar-refractivity contribution in [3.05, 3.63) is 34.7 Å². The quantitative estimate of drug-likeness (QED) is 0.755. The van der Waals surface area contributed by atoms with E-state index in [9.17, 15) is 4.39 Å². The highest BCUT2D eigenvalue weighted by Gasteiger charge is 2.16. The van der Waals surface area contributed by atoms with Crippen molar-refractivity contribution in [3.63, 3.8) is 0 Å². The zero-order valence-electron chi connectivity index (χ0n) is 9.63. The lowest BCUT2D eigenvalue weighted by molar-refractivity contribution is 0.466. The van der Waals surface area contributed by atoms with Crippen LogP contribution < -0.4 is 0 Å². The summed E-state index contributed by atoms with van der Waals surface area (Å²) in [7, 11) is 0. The molecule has 0 atom stereocenters. The van der Waals surface area contributed by atoms with Crippen molar-refractivity contribution in [1.29, 1.82) is 0 Å². The monoisotopic (exact) mass is 295 g/mol. The summed E-state index contributed by atoms with van der Waals surface area (Å²) in [6.45, 7) is 1.07. The Morgan fingerprint density at radius 2 is 2.06 bits per heavy atom. The molecule has 90 valence electrons. The van der Waals surface area contributed by atoms with Gasteiger partial charge in [0.25, 0.3) is 0 Å². The number of nitrogens with zero attached hydrogens (tertiary/aromatic N) is 1. The molecule has 1 aromatic carbocycles. The van der Waals surface area contributed by atoms with Gasteiger partial charge in [0.2, 0.25) is 0 Å². The lowest BCUT2D eigenvalue weighted by Gasteiger charge is -2.11. The molecule has 0 bridgehead atoms. The van der Waals surface area contributed by atoms with Gasteiger partial charge >= 0.3 is 0 Å². The van der Waals surface area contributed by atoms with Gasteiger partial charge in [-0.15, -0.1) is 0 Å². The molecule has 0 saturated heterocycles. The van der Waals surface area contributed by atoms with Gasteiger partial charge < -0.3 is 4.57 Å². The molecule has 0 amide bonds. The fourth-order valence-corrected chi connectivity index (χ4v) is 3.15. The largest absolute Gasteiger partial charge is 0.347 e. The molecule has 0 aliphatic heterocycles. The second kappa shape index (κ2) is 4.45. The fraction of sp³-hybridized carbons (Fsp3) is 0.429. The number of aromatic nitrogens is 1. The molecule has 1 aliphatic carbocycles. The average Bonchev–Trinajstić information content (AvgIpc) is 2.92. The predicted octanol–water partition coefficient (Wildman–Crippen LogP) is 4.73. The van der Waals surface area contributed by atoms with Gasteiger partial charge in [0.15, 0.2) is 0 Å². The van der Waals surface area contributed by atoms with E-state index in [4.69, 9.17) is 0 Å². The molecule has 0 radical (unpaired) electrons. The van der Waals surface area contributed by atoms with Crippen LogP contribution in [-0.2, 0) is 6.54 Å². The maximum Gasteiger partial charge on any atom is 0.138 e. The summed E-state index contributed by atoms with van der Waals surface area (Å²) >= 11 is 3.26. The summed E-state index contributed by atoms with van der Waals surface area (Å²) in [5, 5.41) is 0.990. The van der Waals surface area contributed by atoms with Crippen LogP contribution in [0, 0.1) is 11.7 Å². The Morgan fingerprint density at radius 1 is 1.29 bits per heavy atom. The van der Waals surface area contributed by atoms with E-state index in [2.05, 4.69) is 26.7 Å². The number of benzene rings is 1. The first-order chi connectivity index (χ1) is 8.24. The third-order valence-electron chi connectivity index (χ3n) is 3.74. The third kappa shape index (κ3) is 2.13. The number of halogens is 2. The topological polar surface area (TPSA) is 4.93 Å². The van der Waals surface area contributed by atoms with Crippen LogP contribution in [0.5, 0.6) is 0 Å². The summed E-state index contributed by atoms with van der Waals surface area (Å²) in [6.07, 6.45) is 7.48. The molecule has 3 heteroatoms. The van der Waals surface area contributed by atoms with Crippen LogP contribution in [0.4, 0.5) is 4.39 Å². The highest BCUT2D eigenvalue weighted by Crippen LogP contribution is 2.29. The van der Waals surface area contributed by atoms with Crippen molar-refractivity contribution in [2.24, 2.45) is 5.92 Å². The van der Waals surface area contributed by atoms with Crippen molar-refractivity contribution in [1.82, 2.24) is 4.57 Å². The van der Waals surface area contributed by atoms with Crippen molar-refractivity contribution in [2.75, 3.05) is 0 Å². The first kappa shape index (κ1) is 11.3. The minimum atomic E-state index is -0.184. The van der Waals surface area contributed by atoms with E-state index in [1.807, 2.05) is 12.1 Å². The molecule has 1 fully saturated rings. The van der Waals surface area contributed by atoms with Crippen LogP contribution in [0.15, 0.2) is 28.9 Å². The molecule has 2 aromatic rings. The predicted molar refractivity (Wildman–Crippen MR) is 71.6 cm³/mol. The van der Waals surface area contributed by atoms with Crippen LogP contribution in [0.25, 0.3) is 10.9 Å². The fourth-order valence-electron chi connectivity index (χ4n) is 2.81. The number of rotatable bonds is 2. The standard InChI is InChI=1S/C14H15BrFN/c15-12-8-14-11(7-13(12)16)5-6-17(14)9-10-3-1-2-4-10/h5-8,10H,1-4,9H2. The summed E-state index contributed by atoms with van der Waals surface area (Å²) < 4.78 is 16.2. The van der Waals surface area contributed by atoms with E-state index in [0.717, 1.165) is 23.4 Å². The second-order valence-corrected chi connectivity index (χ2v) is 5.80. The van der Waals surface area contributed by atoms with Crippen LogP contribution >= 0.6 is 15.9 Å². The summed E-state index contributed by atoms with van der Waals surface area (Å²) in [6, 6.07) is 5.49. The van der Waals surface area contributed by atoms with Gasteiger partial charge in [-0.05, 0) is 52.9 Å². The van der Waals surface area contributed by atoms with Crippen molar-refractivity contribution in [3.8, 4) is 0 Å². The molecular formula is C14H15BrFN. The Labute approximate surface area is 109 Å². The Hall–Kier alpha value is -0.830. The highest BCUT2D eigenvalue weighted by atomic mass is 79.9. The molecule has 0 unspecified atom stereocenters. The van der Waals surface area contributed by atoms with Crippen LogP contribution in [0.1, 0.15) is 25.7 Å². The van der Waals surface area contributed by atoms with Crippen molar-refractivity contribution < 1.29 is 4.39 Å². The number of hydrogen-bond donors (Lipinski definition) is 0. The van der Waals surface area contributed by atoms with Gasteiger partial charge in [0.05, 0.1) is 4.47 Å². The van der Waals surface area contributed by atoms with Crippen LogP contribution in [0.3, 0.4) is 0 Å². The molecule has 1 heterocycles.